The van der Waals surface area contributed by atoms with E-state index in [9.17, 15) is 29.4 Å². The van der Waals surface area contributed by atoms with Gasteiger partial charge in [0.05, 0.1) is 6.04 Å². The number of benzene rings is 3. The Morgan fingerprint density at radius 2 is 1.49 bits per heavy atom. The van der Waals surface area contributed by atoms with Crippen molar-refractivity contribution in [3.8, 4) is 0 Å². The van der Waals surface area contributed by atoms with Crippen molar-refractivity contribution in [2.75, 3.05) is 5.75 Å². The quantitative estimate of drug-likeness (QED) is 0.220. The van der Waals surface area contributed by atoms with Crippen LogP contribution in [0.4, 0.5) is 4.79 Å². The first-order valence-corrected chi connectivity index (χ1v) is 16.0. The summed E-state index contributed by atoms with van der Waals surface area (Å²) in [4.78, 5) is 54.4. The highest BCUT2D eigenvalue weighted by Crippen LogP contribution is 2.42. The molecule has 11 heteroatoms. The summed E-state index contributed by atoms with van der Waals surface area (Å²) >= 11 is 1.40. The topological polar surface area (TPSA) is 145 Å². The first-order chi connectivity index (χ1) is 21.7. The third kappa shape index (κ3) is 8.86. The van der Waals surface area contributed by atoms with Gasteiger partial charge in [-0.15, -0.1) is 11.8 Å². The smallest absolute Gasteiger partial charge is 0.408 e. The standard InChI is InChI=1S/C34H39N3O7S/c1-3-22(2)28(36-34(43)44-20-24-15-9-5-10-16-24)31(40)37-27(21-45-32(37)25-17-11-6-12-18-25)30(39)35-26(29(38)33(41)42)19-23-13-7-4-8-14-23/h4-18,22,26-29,32,38H,3,19-21H2,1-2H3,(H,35,39)(H,36,43)(H,41,42)/t22?,26-,27-,28-,29?,32?/m0/s1. The van der Waals surface area contributed by atoms with E-state index in [1.54, 1.807) is 24.3 Å². The molecule has 0 saturated carbocycles. The molecule has 3 aromatic rings. The van der Waals surface area contributed by atoms with Gasteiger partial charge in [-0.3, -0.25) is 9.59 Å². The van der Waals surface area contributed by atoms with Gasteiger partial charge >= 0.3 is 12.1 Å². The summed E-state index contributed by atoms with van der Waals surface area (Å²) in [6, 6.07) is 24.2. The number of hydrogen-bond donors (Lipinski definition) is 4. The summed E-state index contributed by atoms with van der Waals surface area (Å²) in [6.07, 6.45) is -1.99. The normalized spacial score (nSPS) is 18.7. The van der Waals surface area contributed by atoms with Crippen molar-refractivity contribution < 1.29 is 34.1 Å². The summed E-state index contributed by atoms with van der Waals surface area (Å²) in [6.45, 7) is 3.77. The van der Waals surface area contributed by atoms with Crippen LogP contribution in [0.2, 0.25) is 0 Å². The van der Waals surface area contributed by atoms with E-state index in [1.165, 1.54) is 16.7 Å². The number of nitrogens with zero attached hydrogens (tertiary/aromatic N) is 1. The summed E-state index contributed by atoms with van der Waals surface area (Å²) < 4.78 is 5.42. The Morgan fingerprint density at radius 1 is 0.911 bits per heavy atom. The SMILES string of the molecule is CCC(C)[C@H](NC(=O)OCc1ccccc1)C(=O)N1C(c2ccccc2)SC[C@H]1C(=O)N[C@@H](Cc1ccccc1)C(O)C(=O)O. The van der Waals surface area contributed by atoms with Crippen LogP contribution in [-0.2, 0) is 32.1 Å². The Bertz CT molecular complexity index is 1430. The first-order valence-electron chi connectivity index (χ1n) is 14.9. The molecule has 238 valence electrons. The average Bonchev–Trinajstić information content (AvgIpc) is 3.52. The predicted molar refractivity (Wildman–Crippen MR) is 171 cm³/mol. The number of alkyl carbamates (subject to hydrolysis) is 1. The van der Waals surface area contributed by atoms with Crippen LogP contribution in [0.3, 0.4) is 0 Å². The molecule has 1 saturated heterocycles. The average molecular weight is 634 g/mol. The van der Waals surface area contributed by atoms with Gasteiger partial charge < -0.3 is 30.5 Å². The molecule has 4 N–H and O–H groups in total. The number of hydrogen-bond acceptors (Lipinski definition) is 7. The van der Waals surface area contributed by atoms with Crippen molar-refractivity contribution in [3.05, 3.63) is 108 Å². The van der Waals surface area contributed by atoms with Gasteiger partial charge in [0.2, 0.25) is 11.8 Å². The largest absolute Gasteiger partial charge is 0.479 e. The van der Waals surface area contributed by atoms with Crippen LogP contribution in [-0.4, -0.2) is 69.0 Å². The van der Waals surface area contributed by atoms with Gasteiger partial charge in [0.25, 0.3) is 0 Å². The Kier molecular flexibility index (Phi) is 12.0. The molecule has 3 amide bonds. The molecule has 45 heavy (non-hydrogen) atoms. The number of ether oxygens (including phenoxy) is 1. The first kappa shape index (κ1) is 33.5. The van der Waals surface area contributed by atoms with Crippen LogP contribution in [0.15, 0.2) is 91.0 Å². The fourth-order valence-corrected chi connectivity index (χ4v) is 6.59. The minimum absolute atomic E-state index is 0.0278. The van der Waals surface area contributed by atoms with Crippen molar-refractivity contribution in [2.45, 2.75) is 62.9 Å². The third-order valence-electron chi connectivity index (χ3n) is 7.87. The van der Waals surface area contributed by atoms with E-state index in [-0.39, 0.29) is 24.7 Å². The van der Waals surface area contributed by atoms with Gasteiger partial charge in [0.15, 0.2) is 6.10 Å². The molecule has 6 atom stereocenters. The van der Waals surface area contributed by atoms with Crippen molar-refractivity contribution >= 4 is 35.6 Å². The number of aliphatic carboxylic acids is 1. The highest BCUT2D eigenvalue weighted by atomic mass is 32.2. The number of rotatable bonds is 13. The highest BCUT2D eigenvalue weighted by molar-refractivity contribution is 7.99. The molecule has 0 aliphatic carbocycles. The summed E-state index contributed by atoms with van der Waals surface area (Å²) in [5.41, 5.74) is 2.32. The maximum atomic E-state index is 14.4. The molecule has 3 unspecified atom stereocenters. The van der Waals surface area contributed by atoms with Gasteiger partial charge in [-0.25, -0.2) is 9.59 Å². The highest BCUT2D eigenvalue weighted by Gasteiger charge is 2.46. The van der Waals surface area contributed by atoms with Crippen LogP contribution in [0.25, 0.3) is 0 Å². The summed E-state index contributed by atoms with van der Waals surface area (Å²) in [5.74, 6) is -2.60. The Hall–Kier alpha value is -4.35. The van der Waals surface area contributed by atoms with Gasteiger partial charge in [0.1, 0.15) is 24.1 Å². The van der Waals surface area contributed by atoms with E-state index >= 15 is 0 Å². The molecular formula is C34H39N3O7S. The van der Waals surface area contributed by atoms with Crippen LogP contribution >= 0.6 is 11.8 Å². The number of amides is 3. The van der Waals surface area contributed by atoms with E-state index in [0.717, 1.165) is 16.7 Å². The second kappa shape index (κ2) is 16.1. The molecule has 3 aromatic carbocycles. The molecule has 1 heterocycles. The third-order valence-corrected chi connectivity index (χ3v) is 9.19. The molecule has 4 rings (SSSR count). The molecule has 0 bridgehead atoms. The number of carbonyl (C=O) groups is 4. The molecule has 1 aliphatic rings. The molecule has 10 nitrogen and oxygen atoms in total. The molecule has 0 radical (unpaired) electrons. The number of nitrogens with one attached hydrogen (secondary N) is 2. The Morgan fingerprint density at radius 3 is 2.07 bits per heavy atom. The summed E-state index contributed by atoms with van der Waals surface area (Å²) in [7, 11) is 0. The lowest BCUT2D eigenvalue weighted by molar-refractivity contribution is -0.149. The molecule has 1 aliphatic heterocycles. The minimum atomic E-state index is -1.87. The van der Waals surface area contributed by atoms with Crippen LogP contribution in [0.5, 0.6) is 0 Å². The van der Waals surface area contributed by atoms with Gasteiger partial charge in [-0.05, 0) is 29.0 Å². The number of aliphatic hydroxyl groups excluding tert-OH is 1. The van der Waals surface area contributed by atoms with Crippen molar-refractivity contribution in [2.24, 2.45) is 5.92 Å². The fraction of sp³-hybridized carbons (Fsp3) is 0.353. The number of thioether (sulfide) groups is 1. The number of carboxylic acids is 1. The zero-order valence-electron chi connectivity index (χ0n) is 25.2. The van der Waals surface area contributed by atoms with Crippen LogP contribution in [0.1, 0.15) is 42.3 Å². The molecule has 0 aromatic heterocycles. The van der Waals surface area contributed by atoms with E-state index < -0.39 is 53.5 Å². The second-order valence-corrected chi connectivity index (χ2v) is 12.1. The van der Waals surface area contributed by atoms with Crippen molar-refractivity contribution in [1.29, 1.82) is 0 Å². The predicted octanol–water partition coefficient (Wildman–Crippen LogP) is 4.14. The van der Waals surface area contributed by atoms with Crippen LogP contribution < -0.4 is 10.6 Å². The lowest BCUT2D eigenvalue weighted by atomic mass is 9.96. The van der Waals surface area contributed by atoms with Crippen LogP contribution in [0, 0.1) is 5.92 Å². The number of carbonyl (C=O) groups excluding carboxylic acids is 3. The number of carboxylic acid groups (broad SMARTS) is 1. The maximum absolute atomic E-state index is 14.4. The maximum Gasteiger partial charge on any atom is 0.408 e. The molecular weight excluding hydrogens is 594 g/mol. The Balaban J connectivity index is 1.59. The molecule has 0 spiro atoms. The van der Waals surface area contributed by atoms with Gasteiger partial charge in [-0.1, -0.05) is 111 Å². The monoisotopic (exact) mass is 633 g/mol. The minimum Gasteiger partial charge on any atom is -0.479 e. The lowest BCUT2D eigenvalue weighted by Crippen LogP contribution is -2.58. The van der Waals surface area contributed by atoms with Crippen molar-refractivity contribution in [3.63, 3.8) is 0 Å². The van der Waals surface area contributed by atoms with E-state index in [0.29, 0.717) is 6.42 Å². The lowest BCUT2D eigenvalue weighted by Gasteiger charge is -2.35. The van der Waals surface area contributed by atoms with Gasteiger partial charge in [-0.2, -0.15) is 0 Å². The molecule has 1 fully saturated rings. The van der Waals surface area contributed by atoms with Gasteiger partial charge in [0, 0.05) is 5.75 Å². The fourth-order valence-electron chi connectivity index (χ4n) is 5.15. The zero-order valence-corrected chi connectivity index (χ0v) is 26.1. The van der Waals surface area contributed by atoms with Crippen molar-refractivity contribution in [1.82, 2.24) is 15.5 Å². The zero-order chi connectivity index (χ0) is 32.3. The van der Waals surface area contributed by atoms with E-state index in [1.807, 2.05) is 80.6 Å². The summed E-state index contributed by atoms with van der Waals surface area (Å²) in [5, 5.41) is 25.0. The second-order valence-electron chi connectivity index (χ2n) is 11.0. The Labute approximate surface area is 267 Å². The van der Waals surface area contributed by atoms with E-state index in [2.05, 4.69) is 10.6 Å². The number of aliphatic hydroxyl groups is 1. The van der Waals surface area contributed by atoms with E-state index in [4.69, 9.17) is 4.74 Å².